The van der Waals surface area contributed by atoms with E-state index in [0.29, 0.717) is 23.7 Å². The summed E-state index contributed by atoms with van der Waals surface area (Å²) in [6, 6.07) is 12.8. The van der Waals surface area contributed by atoms with Crippen molar-refractivity contribution in [1.82, 2.24) is 14.9 Å². The Labute approximate surface area is 157 Å². The molecule has 2 amide bonds. The summed E-state index contributed by atoms with van der Waals surface area (Å²) >= 11 is 0. The van der Waals surface area contributed by atoms with E-state index in [4.69, 9.17) is 0 Å². The van der Waals surface area contributed by atoms with Crippen molar-refractivity contribution in [2.24, 2.45) is 0 Å². The van der Waals surface area contributed by atoms with Crippen LogP contribution in [-0.2, 0) is 6.54 Å². The van der Waals surface area contributed by atoms with E-state index in [1.165, 1.54) is 11.6 Å². The molecule has 3 aromatic rings. The van der Waals surface area contributed by atoms with Crippen LogP contribution in [0.3, 0.4) is 0 Å². The summed E-state index contributed by atoms with van der Waals surface area (Å²) in [6.07, 6.45) is 3.36. The number of imidazole rings is 1. The lowest BCUT2D eigenvalue weighted by Crippen LogP contribution is -2.38. The zero-order valence-electron chi connectivity index (χ0n) is 15.3. The van der Waals surface area contributed by atoms with E-state index in [1.807, 2.05) is 31.2 Å². The maximum atomic E-state index is 14.5. The van der Waals surface area contributed by atoms with E-state index >= 15 is 0 Å². The SMILES string of the molecule is Cc1nccn1-c1ccc(CNC(=O)N2CC(C)c3ccccc32)cc1F. The predicted octanol–water partition coefficient (Wildman–Crippen LogP) is 4.15. The number of carbonyl (C=O) groups excluding carboxylic acids is 1. The smallest absolute Gasteiger partial charge is 0.322 e. The molecule has 1 N–H and O–H groups in total. The molecule has 6 heteroatoms. The first-order valence-electron chi connectivity index (χ1n) is 8.97. The molecule has 27 heavy (non-hydrogen) atoms. The van der Waals surface area contributed by atoms with Gasteiger partial charge in [-0.2, -0.15) is 0 Å². The zero-order valence-corrected chi connectivity index (χ0v) is 15.3. The molecule has 2 heterocycles. The first kappa shape index (κ1) is 17.3. The molecule has 138 valence electrons. The Bertz CT molecular complexity index is 997. The lowest BCUT2D eigenvalue weighted by atomic mass is 10.0. The van der Waals surface area contributed by atoms with Gasteiger partial charge in [-0.15, -0.1) is 0 Å². The molecule has 1 atom stereocenters. The van der Waals surface area contributed by atoms with Gasteiger partial charge in [0.1, 0.15) is 11.6 Å². The van der Waals surface area contributed by atoms with Crippen molar-refractivity contribution >= 4 is 11.7 Å². The summed E-state index contributed by atoms with van der Waals surface area (Å²) in [7, 11) is 0. The number of halogens is 1. The van der Waals surface area contributed by atoms with Gasteiger partial charge in [0, 0.05) is 37.1 Å². The summed E-state index contributed by atoms with van der Waals surface area (Å²) < 4.78 is 16.2. The fraction of sp³-hybridized carbons (Fsp3) is 0.238. The van der Waals surface area contributed by atoms with Gasteiger partial charge < -0.3 is 9.88 Å². The van der Waals surface area contributed by atoms with E-state index in [1.54, 1.807) is 27.9 Å². The number of aromatic nitrogens is 2. The second kappa shape index (κ2) is 6.87. The summed E-state index contributed by atoms with van der Waals surface area (Å²) in [5.41, 5.74) is 3.28. The van der Waals surface area contributed by atoms with E-state index in [0.717, 1.165) is 11.5 Å². The van der Waals surface area contributed by atoms with Gasteiger partial charge in [-0.3, -0.25) is 4.90 Å². The molecule has 0 aliphatic carbocycles. The van der Waals surface area contributed by atoms with Crippen molar-refractivity contribution in [2.45, 2.75) is 26.3 Å². The molecule has 0 bridgehead atoms. The third-order valence-electron chi connectivity index (χ3n) is 5.00. The van der Waals surface area contributed by atoms with Gasteiger partial charge in [0.25, 0.3) is 0 Å². The molecule has 2 aromatic carbocycles. The molecule has 0 radical (unpaired) electrons. The molecule has 0 fully saturated rings. The van der Waals surface area contributed by atoms with Crippen molar-refractivity contribution in [1.29, 1.82) is 0 Å². The monoisotopic (exact) mass is 364 g/mol. The van der Waals surface area contributed by atoms with Crippen LogP contribution < -0.4 is 10.2 Å². The van der Waals surface area contributed by atoms with Crippen molar-refractivity contribution in [2.75, 3.05) is 11.4 Å². The maximum Gasteiger partial charge on any atom is 0.322 e. The number of nitrogens with zero attached hydrogens (tertiary/aromatic N) is 3. The van der Waals surface area contributed by atoms with Gasteiger partial charge >= 0.3 is 6.03 Å². The van der Waals surface area contributed by atoms with Crippen LogP contribution in [0.25, 0.3) is 5.69 Å². The Hall–Kier alpha value is -3.15. The topological polar surface area (TPSA) is 50.2 Å². The second-order valence-corrected chi connectivity index (χ2v) is 6.86. The van der Waals surface area contributed by atoms with E-state index < -0.39 is 0 Å². The number of aryl methyl sites for hydroxylation is 1. The van der Waals surface area contributed by atoms with E-state index in [2.05, 4.69) is 23.3 Å². The fourth-order valence-electron chi connectivity index (χ4n) is 3.57. The van der Waals surface area contributed by atoms with Gasteiger partial charge in [-0.05, 0) is 36.2 Å². The average molecular weight is 364 g/mol. The number of anilines is 1. The Kier molecular flexibility index (Phi) is 4.39. The quantitative estimate of drug-likeness (QED) is 0.759. The number of hydrogen-bond donors (Lipinski definition) is 1. The van der Waals surface area contributed by atoms with Crippen molar-refractivity contribution in [3.05, 3.63) is 77.6 Å². The molecule has 1 aliphatic rings. The molecule has 1 unspecified atom stereocenters. The van der Waals surface area contributed by atoms with Crippen LogP contribution in [0.1, 0.15) is 29.8 Å². The molecule has 1 aromatic heterocycles. The first-order valence-corrected chi connectivity index (χ1v) is 8.97. The number of para-hydroxylation sites is 1. The lowest BCUT2D eigenvalue weighted by Gasteiger charge is -2.18. The lowest BCUT2D eigenvalue weighted by molar-refractivity contribution is 0.246. The standard InChI is InChI=1S/C21H21FN4O/c1-14-13-26(19-6-4-3-5-17(14)19)21(27)24-12-16-7-8-20(18(22)11-16)25-10-9-23-15(25)2/h3-11,14H,12-13H2,1-2H3,(H,24,27). The number of carbonyl (C=O) groups is 1. The van der Waals surface area contributed by atoms with Gasteiger partial charge in [-0.25, -0.2) is 14.2 Å². The number of rotatable bonds is 3. The molecule has 1 aliphatic heterocycles. The molecule has 5 nitrogen and oxygen atoms in total. The highest BCUT2D eigenvalue weighted by atomic mass is 19.1. The highest BCUT2D eigenvalue weighted by molar-refractivity contribution is 5.94. The number of hydrogen-bond acceptors (Lipinski definition) is 2. The summed E-state index contributed by atoms with van der Waals surface area (Å²) in [6.45, 7) is 4.85. The average Bonchev–Trinajstić information content (AvgIpc) is 3.24. The number of urea groups is 1. The molecule has 4 rings (SSSR count). The van der Waals surface area contributed by atoms with Crippen LogP contribution >= 0.6 is 0 Å². The highest BCUT2D eigenvalue weighted by Gasteiger charge is 2.29. The zero-order chi connectivity index (χ0) is 19.0. The number of amides is 2. The van der Waals surface area contributed by atoms with Crippen LogP contribution in [0.4, 0.5) is 14.9 Å². The molecule has 0 saturated heterocycles. The van der Waals surface area contributed by atoms with Gasteiger partial charge in [0.2, 0.25) is 0 Å². The second-order valence-electron chi connectivity index (χ2n) is 6.86. The maximum absolute atomic E-state index is 14.5. The van der Waals surface area contributed by atoms with Gasteiger partial charge in [0.15, 0.2) is 0 Å². The molecule has 0 spiro atoms. The highest BCUT2D eigenvalue weighted by Crippen LogP contribution is 2.35. The number of nitrogens with one attached hydrogen (secondary N) is 1. The van der Waals surface area contributed by atoms with Crippen molar-refractivity contribution < 1.29 is 9.18 Å². The number of benzene rings is 2. The summed E-state index contributed by atoms with van der Waals surface area (Å²) in [4.78, 5) is 18.5. The minimum absolute atomic E-state index is 0.165. The van der Waals surface area contributed by atoms with Crippen LogP contribution in [-0.4, -0.2) is 22.1 Å². The van der Waals surface area contributed by atoms with Crippen LogP contribution in [0.5, 0.6) is 0 Å². The van der Waals surface area contributed by atoms with Crippen molar-refractivity contribution in [3.63, 3.8) is 0 Å². The molecule has 0 saturated carbocycles. The number of fused-ring (bicyclic) bond motifs is 1. The Balaban J connectivity index is 1.46. The summed E-state index contributed by atoms with van der Waals surface area (Å²) in [5.74, 6) is 0.682. The molecular formula is C21H21FN4O. The van der Waals surface area contributed by atoms with E-state index in [-0.39, 0.29) is 18.4 Å². The van der Waals surface area contributed by atoms with Crippen molar-refractivity contribution in [3.8, 4) is 5.69 Å². The fourth-order valence-corrected chi connectivity index (χ4v) is 3.57. The largest absolute Gasteiger partial charge is 0.334 e. The van der Waals surface area contributed by atoms with Crippen LogP contribution in [0, 0.1) is 12.7 Å². The van der Waals surface area contributed by atoms with E-state index in [9.17, 15) is 9.18 Å². The summed E-state index contributed by atoms with van der Waals surface area (Å²) in [5, 5.41) is 2.90. The third kappa shape index (κ3) is 3.18. The minimum Gasteiger partial charge on any atom is -0.334 e. The predicted molar refractivity (Wildman–Crippen MR) is 103 cm³/mol. The molecular weight excluding hydrogens is 343 g/mol. The first-order chi connectivity index (χ1) is 13.0. The van der Waals surface area contributed by atoms with Gasteiger partial charge in [-0.1, -0.05) is 31.2 Å². The minimum atomic E-state index is -0.344. The Morgan fingerprint density at radius 2 is 2.07 bits per heavy atom. The normalized spacial score (nSPS) is 15.7. The van der Waals surface area contributed by atoms with Gasteiger partial charge in [0.05, 0.1) is 5.69 Å². The Morgan fingerprint density at radius 3 is 2.81 bits per heavy atom. The third-order valence-corrected chi connectivity index (χ3v) is 5.00. The Morgan fingerprint density at radius 1 is 1.26 bits per heavy atom. The van der Waals surface area contributed by atoms with Crippen LogP contribution in [0.2, 0.25) is 0 Å². The van der Waals surface area contributed by atoms with Crippen LogP contribution in [0.15, 0.2) is 54.9 Å².